The minimum Gasteiger partial charge on any atom is -0.324 e. The Hall–Kier alpha value is -3.11. The van der Waals surface area contributed by atoms with Gasteiger partial charge in [0.05, 0.1) is 16.7 Å². The molecule has 1 aromatic heterocycles. The number of aromatic nitrogens is 2. The van der Waals surface area contributed by atoms with Gasteiger partial charge in [0.2, 0.25) is 5.91 Å². The lowest BCUT2D eigenvalue weighted by atomic mass is 10.2. The SMILES string of the molecule is CN(C)S(=O)(=O)N(CC(=O)Nc1ccc2c(c1)n(C)c(=O)n2C)c1ccccc1. The monoisotopic (exact) mass is 417 g/mol. The van der Waals surface area contributed by atoms with Crippen LogP contribution < -0.4 is 15.3 Å². The van der Waals surface area contributed by atoms with E-state index < -0.39 is 22.7 Å². The molecule has 1 N–H and O–H groups in total. The fourth-order valence-electron chi connectivity index (χ4n) is 3.01. The number of carbonyl (C=O) groups is 1. The number of hydrogen-bond donors (Lipinski definition) is 1. The number of rotatable bonds is 6. The zero-order chi connectivity index (χ0) is 21.3. The van der Waals surface area contributed by atoms with Gasteiger partial charge in [0.1, 0.15) is 6.54 Å². The molecule has 0 unspecified atom stereocenters. The molecule has 10 heteroatoms. The number of amides is 1. The Kier molecular flexibility index (Phi) is 5.49. The molecule has 0 aliphatic heterocycles. The van der Waals surface area contributed by atoms with Gasteiger partial charge in [0.15, 0.2) is 0 Å². The van der Waals surface area contributed by atoms with Gasteiger partial charge in [0.25, 0.3) is 0 Å². The molecule has 0 aliphatic carbocycles. The van der Waals surface area contributed by atoms with E-state index in [1.165, 1.54) is 23.2 Å². The van der Waals surface area contributed by atoms with Crippen LogP contribution in [0.4, 0.5) is 11.4 Å². The van der Waals surface area contributed by atoms with Gasteiger partial charge in [-0.15, -0.1) is 0 Å². The maximum atomic E-state index is 12.7. The van der Waals surface area contributed by atoms with E-state index in [0.29, 0.717) is 16.9 Å². The van der Waals surface area contributed by atoms with Crippen molar-refractivity contribution in [1.82, 2.24) is 13.4 Å². The quantitative estimate of drug-likeness (QED) is 0.650. The molecule has 0 fully saturated rings. The molecule has 0 radical (unpaired) electrons. The van der Waals surface area contributed by atoms with Gasteiger partial charge in [0, 0.05) is 33.9 Å². The molecule has 154 valence electrons. The molecule has 0 spiro atoms. The number of benzene rings is 2. The minimum atomic E-state index is -3.87. The number of nitrogens with zero attached hydrogens (tertiary/aromatic N) is 4. The summed E-state index contributed by atoms with van der Waals surface area (Å²) in [7, 11) is 2.28. The highest BCUT2D eigenvalue weighted by molar-refractivity contribution is 7.90. The molecule has 3 aromatic rings. The van der Waals surface area contributed by atoms with E-state index in [-0.39, 0.29) is 5.69 Å². The summed E-state index contributed by atoms with van der Waals surface area (Å²) in [6, 6.07) is 13.5. The number of carbonyl (C=O) groups excluding carboxylic acids is 1. The van der Waals surface area contributed by atoms with E-state index in [0.717, 1.165) is 14.1 Å². The number of fused-ring (bicyclic) bond motifs is 1. The lowest BCUT2D eigenvalue weighted by Crippen LogP contribution is -2.44. The van der Waals surface area contributed by atoms with Gasteiger partial charge >= 0.3 is 15.9 Å². The lowest BCUT2D eigenvalue weighted by molar-refractivity contribution is -0.114. The Balaban J connectivity index is 1.88. The first-order valence-electron chi connectivity index (χ1n) is 8.83. The van der Waals surface area contributed by atoms with Gasteiger partial charge < -0.3 is 5.32 Å². The molecule has 1 amide bonds. The molecular formula is C19H23N5O4S. The molecule has 0 atom stereocenters. The number of para-hydroxylation sites is 1. The molecule has 9 nitrogen and oxygen atoms in total. The first kappa shape index (κ1) is 20.6. The zero-order valence-electron chi connectivity index (χ0n) is 16.7. The van der Waals surface area contributed by atoms with Crippen LogP contribution in [-0.2, 0) is 29.1 Å². The van der Waals surface area contributed by atoms with Crippen molar-refractivity contribution in [3.8, 4) is 0 Å². The van der Waals surface area contributed by atoms with Crippen LogP contribution in [0.1, 0.15) is 0 Å². The van der Waals surface area contributed by atoms with Gasteiger partial charge in [-0.3, -0.25) is 13.9 Å². The van der Waals surface area contributed by atoms with Crippen molar-refractivity contribution < 1.29 is 13.2 Å². The second-order valence-corrected chi connectivity index (χ2v) is 8.85. The summed E-state index contributed by atoms with van der Waals surface area (Å²) < 4.78 is 30.5. The van der Waals surface area contributed by atoms with Crippen LogP contribution in [0.25, 0.3) is 11.0 Å². The molecule has 0 saturated carbocycles. The van der Waals surface area contributed by atoms with E-state index in [1.807, 2.05) is 0 Å². The molecule has 0 bridgehead atoms. The maximum absolute atomic E-state index is 12.7. The van der Waals surface area contributed by atoms with Crippen LogP contribution in [0.2, 0.25) is 0 Å². The Morgan fingerprint density at radius 1 is 1.00 bits per heavy atom. The van der Waals surface area contributed by atoms with Crippen molar-refractivity contribution in [3.63, 3.8) is 0 Å². The third-order valence-electron chi connectivity index (χ3n) is 4.63. The third-order valence-corrected chi connectivity index (χ3v) is 6.45. The Bertz CT molecular complexity index is 1210. The van der Waals surface area contributed by atoms with Crippen LogP contribution in [0.3, 0.4) is 0 Å². The number of nitrogens with one attached hydrogen (secondary N) is 1. The predicted molar refractivity (Wildman–Crippen MR) is 113 cm³/mol. The van der Waals surface area contributed by atoms with Crippen molar-refractivity contribution in [1.29, 1.82) is 0 Å². The fourth-order valence-corrected chi connectivity index (χ4v) is 4.08. The van der Waals surface area contributed by atoms with Gasteiger partial charge in [-0.05, 0) is 30.3 Å². The predicted octanol–water partition coefficient (Wildman–Crippen LogP) is 1.13. The second-order valence-electron chi connectivity index (χ2n) is 6.78. The lowest BCUT2D eigenvalue weighted by Gasteiger charge is -2.26. The van der Waals surface area contributed by atoms with Crippen LogP contribution in [-0.4, -0.2) is 48.4 Å². The Morgan fingerprint density at radius 3 is 2.24 bits per heavy atom. The Labute approximate surface area is 168 Å². The average Bonchev–Trinajstić information content (AvgIpc) is 2.90. The summed E-state index contributed by atoms with van der Waals surface area (Å²) in [5, 5.41) is 2.71. The van der Waals surface area contributed by atoms with Gasteiger partial charge in [-0.25, -0.2) is 9.10 Å². The average molecular weight is 417 g/mol. The van der Waals surface area contributed by atoms with Crippen molar-refractivity contribution in [3.05, 3.63) is 59.0 Å². The summed E-state index contributed by atoms with van der Waals surface area (Å²) in [6.45, 7) is -0.393. The van der Waals surface area contributed by atoms with Crippen molar-refractivity contribution in [2.75, 3.05) is 30.3 Å². The highest BCUT2D eigenvalue weighted by atomic mass is 32.2. The van der Waals surface area contributed by atoms with E-state index >= 15 is 0 Å². The number of anilines is 2. The Morgan fingerprint density at radius 2 is 1.62 bits per heavy atom. The van der Waals surface area contributed by atoms with Crippen LogP contribution >= 0.6 is 0 Å². The number of aryl methyl sites for hydroxylation is 2. The van der Waals surface area contributed by atoms with Gasteiger partial charge in [-0.2, -0.15) is 12.7 Å². The number of imidazole rings is 1. The smallest absolute Gasteiger partial charge is 0.324 e. The molecule has 0 aliphatic rings. The van der Waals surface area contributed by atoms with E-state index in [2.05, 4.69) is 5.32 Å². The molecule has 2 aromatic carbocycles. The molecular weight excluding hydrogens is 394 g/mol. The normalized spacial score (nSPS) is 11.8. The second kappa shape index (κ2) is 7.72. The summed E-state index contributed by atoms with van der Waals surface area (Å²) in [4.78, 5) is 24.7. The van der Waals surface area contributed by atoms with Gasteiger partial charge in [-0.1, -0.05) is 18.2 Å². The van der Waals surface area contributed by atoms with Crippen molar-refractivity contribution in [2.45, 2.75) is 0 Å². The maximum Gasteiger partial charge on any atom is 0.328 e. The standard InChI is InChI=1S/C19H23N5O4S/c1-21(2)29(27,28)24(15-8-6-5-7-9-15)13-18(25)20-14-10-11-16-17(12-14)23(4)19(26)22(16)3/h5-12H,13H2,1-4H3,(H,20,25). The summed E-state index contributed by atoms with van der Waals surface area (Å²) >= 11 is 0. The van der Waals surface area contributed by atoms with Crippen molar-refractivity contribution >= 4 is 38.5 Å². The molecule has 0 saturated heterocycles. The first-order chi connectivity index (χ1) is 13.6. The summed E-state index contributed by atoms with van der Waals surface area (Å²) in [5.41, 5.74) is 2.08. The van der Waals surface area contributed by atoms with Crippen LogP contribution in [0.5, 0.6) is 0 Å². The fraction of sp³-hybridized carbons (Fsp3) is 0.263. The summed E-state index contributed by atoms with van der Waals surface area (Å²) in [6.07, 6.45) is 0. The zero-order valence-corrected chi connectivity index (χ0v) is 17.5. The van der Waals surface area contributed by atoms with E-state index in [9.17, 15) is 18.0 Å². The minimum absolute atomic E-state index is 0.171. The summed E-state index contributed by atoms with van der Waals surface area (Å²) in [5.74, 6) is -0.500. The van der Waals surface area contributed by atoms with E-state index in [1.54, 1.807) is 62.6 Å². The first-order valence-corrected chi connectivity index (χ1v) is 10.2. The van der Waals surface area contributed by atoms with Crippen LogP contribution in [0, 0.1) is 0 Å². The van der Waals surface area contributed by atoms with Crippen molar-refractivity contribution in [2.24, 2.45) is 14.1 Å². The van der Waals surface area contributed by atoms with Crippen LogP contribution in [0.15, 0.2) is 53.3 Å². The molecule has 1 heterocycles. The third kappa shape index (κ3) is 3.89. The molecule has 3 rings (SSSR count). The molecule has 29 heavy (non-hydrogen) atoms. The highest BCUT2D eigenvalue weighted by Crippen LogP contribution is 2.20. The number of hydrogen-bond acceptors (Lipinski definition) is 4. The topological polar surface area (TPSA) is 96.7 Å². The van der Waals surface area contributed by atoms with E-state index in [4.69, 9.17) is 0 Å². The largest absolute Gasteiger partial charge is 0.328 e. The highest BCUT2D eigenvalue weighted by Gasteiger charge is 2.27.